The minimum atomic E-state index is -4.57. The lowest BCUT2D eigenvalue weighted by atomic mass is 10.0. The Balaban J connectivity index is 3.08. The van der Waals surface area contributed by atoms with E-state index in [1.165, 1.54) is 6.07 Å². The Hall–Kier alpha value is -2.25. The average Bonchev–Trinajstić information content (AvgIpc) is 2.41. The Morgan fingerprint density at radius 3 is 2.26 bits per heavy atom. The Morgan fingerprint density at radius 2 is 1.78 bits per heavy atom. The summed E-state index contributed by atoms with van der Waals surface area (Å²) >= 11 is 0. The number of carbonyl (C=O) groups excluding carboxylic acids is 2. The lowest BCUT2D eigenvalue weighted by Crippen LogP contribution is -2.38. The van der Waals surface area contributed by atoms with Crippen molar-refractivity contribution in [3.63, 3.8) is 0 Å². The summed E-state index contributed by atoms with van der Waals surface area (Å²) in [5.41, 5.74) is -1.81. The van der Waals surface area contributed by atoms with Crippen LogP contribution in [-0.2, 0) is 20.4 Å². The summed E-state index contributed by atoms with van der Waals surface area (Å²) in [6.07, 6.45) is -5.51. The van der Waals surface area contributed by atoms with E-state index in [1.54, 1.807) is 20.8 Å². The third-order valence-corrected chi connectivity index (χ3v) is 2.65. The first-order valence-corrected chi connectivity index (χ1v) is 6.68. The Labute approximate surface area is 131 Å². The molecule has 1 rings (SSSR count). The number of hydrogen-bond acceptors (Lipinski definition) is 4. The SMILES string of the molecule is COC(=O)[C@H](NC(=O)OC(C)(C)C)c1cccc(C(F)(F)F)c1. The smallest absolute Gasteiger partial charge is 0.416 e. The van der Waals surface area contributed by atoms with Crippen LogP contribution in [0, 0.1) is 0 Å². The summed E-state index contributed by atoms with van der Waals surface area (Å²) in [7, 11) is 1.07. The van der Waals surface area contributed by atoms with E-state index in [2.05, 4.69) is 10.1 Å². The standard InChI is InChI=1S/C15H18F3NO4/c1-14(2,3)23-13(21)19-11(12(20)22-4)9-6-5-7-10(8-9)15(16,17)18/h5-8,11H,1-4H3,(H,19,21)/t11-/m1/s1. The average molecular weight is 333 g/mol. The molecule has 1 N–H and O–H groups in total. The van der Waals surface area contributed by atoms with Crippen LogP contribution in [0.3, 0.4) is 0 Å². The van der Waals surface area contributed by atoms with Crippen molar-refractivity contribution in [3.8, 4) is 0 Å². The molecule has 0 fully saturated rings. The van der Waals surface area contributed by atoms with E-state index in [9.17, 15) is 22.8 Å². The number of methoxy groups -OCH3 is 1. The van der Waals surface area contributed by atoms with Gasteiger partial charge in [-0.15, -0.1) is 0 Å². The van der Waals surface area contributed by atoms with Gasteiger partial charge in [0.05, 0.1) is 12.7 Å². The van der Waals surface area contributed by atoms with Gasteiger partial charge in [0, 0.05) is 0 Å². The largest absolute Gasteiger partial charge is 0.467 e. The van der Waals surface area contributed by atoms with Crippen LogP contribution in [-0.4, -0.2) is 24.8 Å². The molecule has 0 aliphatic heterocycles. The summed E-state index contributed by atoms with van der Waals surface area (Å²) < 4.78 is 47.8. The van der Waals surface area contributed by atoms with Crippen LogP contribution in [0.15, 0.2) is 24.3 Å². The van der Waals surface area contributed by atoms with E-state index in [4.69, 9.17) is 4.74 Å². The Bertz CT molecular complexity index is 579. The molecule has 8 heteroatoms. The molecule has 128 valence electrons. The molecule has 0 aliphatic rings. The van der Waals surface area contributed by atoms with Crippen LogP contribution in [0.4, 0.5) is 18.0 Å². The van der Waals surface area contributed by atoms with E-state index in [-0.39, 0.29) is 5.56 Å². The van der Waals surface area contributed by atoms with Gasteiger partial charge in [-0.1, -0.05) is 12.1 Å². The van der Waals surface area contributed by atoms with Gasteiger partial charge in [0.15, 0.2) is 6.04 Å². The topological polar surface area (TPSA) is 64.6 Å². The molecule has 0 saturated carbocycles. The fourth-order valence-corrected chi connectivity index (χ4v) is 1.72. The molecule has 1 amide bonds. The summed E-state index contributed by atoms with van der Waals surface area (Å²) in [5.74, 6) is -0.907. The number of carbonyl (C=O) groups is 2. The van der Waals surface area contributed by atoms with Crippen molar-refractivity contribution in [1.82, 2.24) is 5.32 Å². The fourth-order valence-electron chi connectivity index (χ4n) is 1.72. The van der Waals surface area contributed by atoms with Gasteiger partial charge in [0.25, 0.3) is 0 Å². The number of benzene rings is 1. The zero-order chi connectivity index (χ0) is 17.8. The third kappa shape index (κ3) is 5.80. The van der Waals surface area contributed by atoms with Crippen molar-refractivity contribution in [2.24, 2.45) is 0 Å². The molecule has 0 spiro atoms. The number of rotatable bonds is 3. The minimum absolute atomic E-state index is 0.0578. The number of hydrogen-bond donors (Lipinski definition) is 1. The monoisotopic (exact) mass is 333 g/mol. The van der Waals surface area contributed by atoms with Gasteiger partial charge in [0.1, 0.15) is 5.60 Å². The van der Waals surface area contributed by atoms with Crippen LogP contribution >= 0.6 is 0 Å². The lowest BCUT2D eigenvalue weighted by molar-refractivity contribution is -0.143. The highest BCUT2D eigenvalue weighted by atomic mass is 19.4. The summed E-state index contributed by atoms with van der Waals surface area (Å²) in [6, 6.07) is 2.67. The predicted octanol–water partition coefficient (Wildman–Crippen LogP) is 3.44. The van der Waals surface area contributed by atoms with Gasteiger partial charge in [-0.05, 0) is 38.5 Å². The maximum atomic E-state index is 12.8. The Morgan fingerprint density at radius 1 is 1.17 bits per heavy atom. The molecule has 0 saturated heterocycles. The first kappa shape index (κ1) is 18.8. The van der Waals surface area contributed by atoms with Crippen LogP contribution in [0.25, 0.3) is 0 Å². The van der Waals surface area contributed by atoms with E-state index in [0.29, 0.717) is 0 Å². The number of ether oxygens (including phenoxy) is 2. The van der Waals surface area contributed by atoms with Crippen LogP contribution in [0.2, 0.25) is 0 Å². The maximum Gasteiger partial charge on any atom is 0.416 e. The Kier molecular flexibility index (Phi) is 5.63. The molecule has 0 heterocycles. The van der Waals surface area contributed by atoms with Crippen molar-refractivity contribution in [2.45, 2.75) is 38.6 Å². The molecule has 1 atom stereocenters. The second kappa shape index (κ2) is 6.89. The molecule has 0 aromatic heterocycles. The van der Waals surface area contributed by atoms with Crippen LogP contribution in [0.5, 0.6) is 0 Å². The molecule has 0 radical (unpaired) electrons. The van der Waals surface area contributed by atoms with Crippen molar-refractivity contribution >= 4 is 12.1 Å². The predicted molar refractivity (Wildman–Crippen MR) is 75.6 cm³/mol. The zero-order valence-corrected chi connectivity index (χ0v) is 13.2. The van der Waals surface area contributed by atoms with Gasteiger partial charge < -0.3 is 14.8 Å². The number of alkyl carbamates (subject to hydrolysis) is 1. The van der Waals surface area contributed by atoms with Crippen LogP contribution in [0.1, 0.15) is 37.9 Å². The van der Waals surface area contributed by atoms with Gasteiger partial charge in [-0.3, -0.25) is 0 Å². The molecular weight excluding hydrogens is 315 g/mol. The second-order valence-electron chi connectivity index (χ2n) is 5.73. The van der Waals surface area contributed by atoms with Crippen LogP contribution < -0.4 is 5.32 Å². The highest BCUT2D eigenvalue weighted by Gasteiger charge is 2.33. The molecule has 1 aromatic rings. The van der Waals surface area contributed by atoms with Gasteiger partial charge in [-0.2, -0.15) is 13.2 Å². The number of esters is 1. The van der Waals surface area contributed by atoms with E-state index >= 15 is 0 Å². The highest BCUT2D eigenvalue weighted by Crippen LogP contribution is 2.31. The summed E-state index contributed by atoms with van der Waals surface area (Å²) in [6.45, 7) is 4.85. The zero-order valence-electron chi connectivity index (χ0n) is 13.2. The fraction of sp³-hybridized carbons (Fsp3) is 0.467. The highest BCUT2D eigenvalue weighted by molar-refractivity contribution is 5.82. The summed E-state index contributed by atoms with van der Waals surface area (Å²) in [5, 5.41) is 2.22. The molecule has 5 nitrogen and oxygen atoms in total. The molecule has 0 bridgehead atoms. The molecule has 0 aliphatic carbocycles. The number of alkyl halides is 3. The minimum Gasteiger partial charge on any atom is -0.467 e. The molecule has 1 aromatic carbocycles. The first-order valence-electron chi connectivity index (χ1n) is 6.68. The van der Waals surface area contributed by atoms with E-state index in [1.807, 2.05) is 0 Å². The second-order valence-corrected chi connectivity index (χ2v) is 5.73. The van der Waals surface area contributed by atoms with Gasteiger partial charge in [-0.25, -0.2) is 9.59 Å². The van der Waals surface area contributed by atoms with Crippen molar-refractivity contribution in [2.75, 3.05) is 7.11 Å². The van der Waals surface area contributed by atoms with Crippen molar-refractivity contribution in [1.29, 1.82) is 0 Å². The van der Waals surface area contributed by atoms with E-state index in [0.717, 1.165) is 25.3 Å². The number of halogens is 3. The number of amides is 1. The van der Waals surface area contributed by atoms with Gasteiger partial charge >= 0.3 is 18.2 Å². The normalized spacial score (nSPS) is 13.2. The maximum absolute atomic E-state index is 12.8. The third-order valence-electron chi connectivity index (χ3n) is 2.65. The molecule has 23 heavy (non-hydrogen) atoms. The van der Waals surface area contributed by atoms with E-state index < -0.39 is 35.4 Å². The quantitative estimate of drug-likeness (QED) is 0.861. The van der Waals surface area contributed by atoms with Crippen molar-refractivity contribution < 1.29 is 32.2 Å². The van der Waals surface area contributed by atoms with Crippen molar-refractivity contribution in [3.05, 3.63) is 35.4 Å². The summed E-state index contributed by atoms with van der Waals surface area (Å²) in [4.78, 5) is 23.6. The first-order chi connectivity index (χ1) is 10.4. The number of nitrogens with one attached hydrogen (secondary N) is 1. The molecular formula is C15H18F3NO4. The lowest BCUT2D eigenvalue weighted by Gasteiger charge is -2.23. The molecule has 0 unspecified atom stereocenters. The van der Waals surface area contributed by atoms with Gasteiger partial charge in [0.2, 0.25) is 0 Å².